The summed E-state index contributed by atoms with van der Waals surface area (Å²) in [6, 6.07) is 5.38. The first kappa shape index (κ1) is 14.4. The summed E-state index contributed by atoms with van der Waals surface area (Å²) < 4.78 is 10.8. The van der Waals surface area contributed by atoms with E-state index in [1.165, 1.54) is 0 Å². The molecule has 1 amide bonds. The minimum absolute atomic E-state index is 0.0363. The van der Waals surface area contributed by atoms with Crippen LogP contribution in [0.15, 0.2) is 18.2 Å². The van der Waals surface area contributed by atoms with Crippen LogP contribution >= 0.6 is 0 Å². The molecule has 0 heterocycles. The van der Waals surface area contributed by atoms with Gasteiger partial charge in [0.15, 0.2) is 0 Å². The Kier molecular flexibility index (Phi) is 5.01. The predicted octanol–water partition coefficient (Wildman–Crippen LogP) is 3.08. The molecule has 0 saturated carbocycles. The van der Waals surface area contributed by atoms with Crippen molar-refractivity contribution in [2.45, 2.75) is 33.8 Å². The molecule has 4 nitrogen and oxygen atoms in total. The van der Waals surface area contributed by atoms with Gasteiger partial charge < -0.3 is 14.8 Å². The van der Waals surface area contributed by atoms with Crippen molar-refractivity contribution < 1.29 is 14.3 Å². The van der Waals surface area contributed by atoms with Crippen LogP contribution in [-0.2, 0) is 4.79 Å². The number of carbonyl (C=O) groups is 1. The summed E-state index contributed by atoms with van der Waals surface area (Å²) in [5.74, 6) is 1.22. The maximum atomic E-state index is 11.6. The smallest absolute Gasteiger partial charge is 0.227 e. The molecule has 0 spiro atoms. The average Bonchev–Trinajstić information content (AvgIpc) is 2.30. The highest BCUT2D eigenvalue weighted by Gasteiger charge is 2.11. The van der Waals surface area contributed by atoms with E-state index in [0.29, 0.717) is 11.4 Å². The highest BCUT2D eigenvalue weighted by molar-refractivity contribution is 5.93. The molecule has 18 heavy (non-hydrogen) atoms. The third-order valence-corrected chi connectivity index (χ3v) is 2.33. The van der Waals surface area contributed by atoms with E-state index in [9.17, 15) is 4.79 Å². The fraction of sp³-hybridized carbons (Fsp3) is 0.500. The quantitative estimate of drug-likeness (QED) is 0.874. The van der Waals surface area contributed by atoms with Crippen LogP contribution in [0.2, 0.25) is 0 Å². The first-order valence-electron chi connectivity index (χ1n) is 6.09. The van der Waals surface area contributed by atoms with Crippen LogP contribution in [0.3, 0.4) is 0 Å². The molecule has 0 aliphatic rings. The summed E-state index contributed by atoms with van der Waals surface area (Å²) >= 11 is 0. The van der Waals surface area contributed by atoms with Gasteiger partial charge in [0.25, 0.3) is 0 Å². The summed E-state index contributed by atoms with van der Waals surface area (Å²) in [6.07, 6.45) is 0.103. The van der Waals surface area contributed by atoms with Crippen molar-refractivity contribution in [2.75, 3.05) is 12.4 Å². The molecule has 0 aliphatic carbocycles. The van der Waals surface area contributed by atoms with E-state index < -0.39 is 0 Å². The lowest BCUT2D eigenvalue weighted by Crippen LogP contribution is -2.18. The molecule has 0 aliphatic heterocycles. The van der Waals surface area contributed by atoms with Gasteiger partial charge in [0.05, 0.1) is 18.9 Å². The van der Waals surface area contributed by atoms with Crippen LogP contribution in [0.5, 0.6) is 11.5 Å². The number of ether oxygens (including phenoxy) is 2. The SMILES string of the molecule is COc1cc(OC(C)C)ccc1NC(=O)C(C)C. The van der Waals surface area contributed by atoms with Crippen LogP contribution in [0.4, 0.5) is 5.69 Å². The molecule has 0 unspecified atom stereocenters. The number of hydrogen-bond acceptors (Lipinski definition) is 3. The van der Waals surface area contributed by atoms with Gasteiger partial charge in [0.1, 0.15) is 11.5 Å². The molecule has 0 aromatic heterocycles. The van der Waals surface area contributed by atoms with E-state index in [0.717, 1.165) is 5.75 Å². The average molecular weight is 251 g/mol. The predicted molar refractivity (Wildman–Crippen MR) is 72.2 cm³/mol. The molecule has 0 atom stereocenters. The summed E-state index contributed by atoms with van der Waals surface area (Å²) in [4.78, 5) is 11.6. The minimum atomic E-state index is -0.0682. The standard InChI is InChI=1S/C14H21NO3/c1-9(2)14(16)15-12-7-6-11(18-10(3)4)8-13(12)17-5/h6-10H,1-5H3,(H,15,16). The zero-order chi connectivity index (χ0) is 13.7. The normalized spacial score (nSPS) is 10.6. The first-order valence-corrected chi connectivity index (χ1v) is 6.09. The molecule has 1 aromatic carbocycles. The van der Waals surface area contributed by atoms with Gasteiger partial charge in [0.2, 0.25) is 5.91 Å². The molecular formula is C14H21NO3. The zero-order valence-corrected chi connectivity index (χ0v) is 11.6. The topological polar surface area (TPSA) is 47.6 Å². The fourth-order valence-electron chi connectivity index (χ4n) is 1.40. The Morgan fingerprint density at radius 2 is 1.89 bits per heavy atom. The monoisotopic (exact) mass is 251 g/mol. The van der Waals surface area contributed by atoms with Gasteiger partial charge in [0, 0.05) is 12.0 Å². The van der Waals surface area contributed by atoms with Crippen LogP contribution in [0.1, 0.15) is 27.7 Å². The summed E-state index contributed by atoms with van der Waals surface area (Å²) in [5.41, 5.74) is 0.660. The van der Waals surface area contributed by atoms with Crippen molar-refractivity contribution in [3.63, 3.8) is 0 Å². The minimum Gasteiger partial charge on any atom is -0.494 e. The number of carbonyl (C=O) groups excluding carboxylic acids is 1. The first-order chi connectivity index (χ1) is 8.43. The van der Waals surface area contributed by atoms with Crippen molar-refractivity contribution in [1.29, 1.82) is 0 Å². The lowest BCUT2D eigenvalue weighted by molar-refractivity contribution is -0.118. The van der Waals surface area contributed by atoms with Gasteiger partial charge in [-0.3, -0.25) is 4.79 Å². The second-order valence-corrected chi connectivity index (χ2v) is 4.67. The Hall–Kier alpha value is -1.71. The third kappa shape index (κ3) is 3.95. The van der Waals surface area contributed by atoms with E-state index >= 15 is 0 Å². The van der Waals surface area contributed by atoms with Crippen LogP contribution in [0, 0.1) is 5.92 Å². The van der Waals surface area contributed by atoms with Gasteiger partial charge in [-0.1, -0.05) is 13.8 Å². The lowest BCUT2D eigenvalue weighted by Gasteiger charge is -2.15. The number of anilines is 1. The highest BCUT2D eigenvalue weighted by atomic mass is 16.5. The number of amides is 1. The Balaban J connectivity index is 2.89. The van der Waals surface area contributed by atoms with Crippen LogP contribution in [0.25, 0.3) is 0 Å². The largest absolute Gasteiger partial charge is 0.494 e. The van der Waals surface area contributed by atoms with Gasteiger partial charge in [-0.05, 0) is 26.0 Å². The molecule has 1 aromatic rings. The Morgan fingerprint density at radius 1 is 1.22 bits per heavy atom. The van der Waals surface area contributed by atoms with E-state index in [4.69, 9.17) is 9.47 Å². The van der Waals surface area contributed by atoms with Gasteiger partial charge in [-0.2, -0.15) is 0 Å². The molecule has 1 N–H and O–H groups in total. The van der Waals surface area contributed by atoms with E-state index in [-0.39, 0.29) is 17.9 Å². The molecule has 100 valence electrons. The molecule has 4 heteroatoms. The molecular weight excluding hydrogens is 230 g/mol. The maximum Gasteiger partial charge on any atom is 0.227 e. The van der Waals surface area contributed by atoms with Crippen molar-refractivity contribution in [3.8, 4) is 11.5 Å². The second-order valence-electron chi connectivity index (χ2n) is 4.67. The Bertz CT molecular complexity index is 414. The van der Waals surface area contributed by atoms with Gasteiger partial charge >= 0.3 is 0 Å². The number of nitrogens with one attached hydrogen (secondary N) is 1. The maximum absolute atomic E-state index is 11.6. The second kappa shape index (κ2) is 6.28. The van der Waals surface area contributed by atoms with Crippen molar-refractivity contribution in [2.24, 2.45) is 5.92 Å². The molecule has 1 rings (SSSR count). The number of hydrogen-bond donors (Lipinski definition) is 1. The Labute approximate surface area is 108 Å². The lowest BCUT2D eigenvalue weighted by atomic mass is 10.2. The van der Waals surface area contributed by atoms with E-state index in [2.05, 4.69) is 5.32 Å². The van der Waals surface area contributed by atoms with Gasteiger partial charge in [-0.25, -0.2) is 0 Å². The number of rotatable bonds is 5. The summed E-state index contributed by atoms with van der Waals surface area (Å²) in [7, 11) is 1.57. The van der Waals surface area contributed by atoms with Gasteiger partial charge in [-0.15, -0.1) is 0 Å². The fourth-order valence-corrected chi connectivity index (χ4v) is 1.40. The highest BCUT2D eigenvalue weighted by Crippen LogP contribution is 2.29. The van der Waals surface area contributed by atoms with E-state index in [1.807, 2.05) is 33.8 Å². The zero-order valence-electron chi connectivity index (χ0n) is 11.6. The molecule has 0 saturated heterocycles. The van der Waals surface area contributed by atoms with Crippen LogP contribution < -0.4 is 14.8 Å². The van der Waals surface area contributed by atoms with Crippen molar-refractivity contribution in [3.05, 3.63) is 18.2 Å². The third-order valence-electron chi connectivity index (χ3n) is 2.33. The van der Waals surface area contributed by atoms with Crippen molar-refractivity contribution in [1.82, 2.24) is 0 Å². The Morgan fingerprint density at radius 3 is 2.39 bits per heavy atom. The molecule has 0 radical (unpaired) electrons. The summed E-state index contributed by atoms with van der Waals surface area (Å²) in [5, 5.41) is 2.82. The molecule has 0 bridgehead atoms. The number of methoxy groups -OCH3 is 1. The van der Waals surface area contributed by atoms with Crippen LogP contribution in [-0.4, -0.2) is 19.1 Å². The van der Waals surface area contributed by atoms with E-state index in [1.54, 1.807) is 19.2 Å². The summed E-state index contributed by atoms with van der Waals surface area (Å²) in [6.45, 7) is 7.61. The number of benzene rings is 1. The molecule has 0 fully saturated rings. The van der Waals surface area contributed by atoms with Crippen molar-refractivity contribution >= 4 is 11.6 Å².